The van der Waals surface area contributed by atoms with Crippen molar-refractivity contribution in [3.8, 4) is 0 Å². The van der Waals surface area contributed by atoms with E-state index in [4.69, 9.17) is 14.6 Å². The van der Waals surface area contributed by atoms with Gasteiger partial charge in [0.1, 0.15) is 6.67 Å². The second-order valence-corrected chi connectivity index (χ2v) is 7.85. The van der Waals surface area contributed by atoms with Gasteiger partial charge in [0.05, 0.1) is 18.3 Å². The van der Waals surface area contributed by atoms with Gasteiger partial charge in [-0.2, -0.15) is 0 Å². The maximum atomic E-state index is 12.8. The van der Waals surface area contributed by atoms with Crippen molar-refractivity contribution in [2.24, 2.45) is 0 Å². The Morgan fingerprint density at radius 3 is 2.17 bits per heavy atom. The largest absolute Gasteiger partial charge is 0.481 e. The highest BCUT2D eigenvalue weighted by molar-refractivity contribution is 5.95. The van der Waals surface area contributed by atoms with Gasteiger partial charge in [-0.15, -0.1) is 0 Å². The number of carbonyl (C=O) groups excluding carboxylic acids is 3. The Hall–Kier alpha value is -4.01. The van der Waals surface area contributed by atoms with Gasteiger partial charge >= 0.3 is 6.09 Å². The predicted octanol–water partition coefficient (Wildman–Crippen LogP) is 4.86. The van der Waals surface area contributed by atoms with E-state index in [2.05, 4.69) is 19.2 Å². The van der Waals surface area contributed by atoms with Gasteiger partial charge in [0.2, 0.25) is 0 Å². The lowest BCUT2D eigenvalue weighted by Crippen LogP contribution is -2.42. The summed E-state index contributed by atoms with van der Waals surface area (Å²) in [5, 5.41) is 9.73. The van der Waals surface area contributed by atoms with Gasteiger partial charge in [0.15, 0.2) is 12.4 Å². The van der Waals surface area contributed by atoms with Crippen molar-refractivity contribution < 1.29 is 33.4 Å². The van der Waals surface area contributed by atoms with E-state index in [9.17, 15) is 18.8 Å². The summed E-state index contributed by atoms with van der Waals surface area (Å²) in [6.45, 7) is 5.24. The molecule has 1 unspecified atom stereocenters. The lowest BCUT2D eigenvalue weighted by atomic mass is 10.0. The molecule has 0 fully saturated rings. The molecule has 1 heterocycles. The maximum absolute atomic E-state index is 12.8. The monoisotopic (exact) mass is 500 g/mol. The number of ketones is 1. The standard InChI is InChI=1S/C22H21FN2O4.C3H8.C2H4O2/c1-15(20(26)12-23)24-21(27)14-29-22(28)25-13-18-8-3-2-6-16(18)10-11-17-7-4-5-9-19(17)25;1-3-2;1-2(3)4/h2-11,15H,12-14H2,1H3,(H,24,27);3H2,1-2H3;1H3,(H,3,4)/b11-10-;;. The van der Waals surface area contributed by atoms with E-state index in [1.807, 2.05) is 54.6 Å². The molecule has 2 aromatic rings. The number of nitrogens with one attached hydrogen (secondary N) is 1. The SMILES string of the molecule is CC(=O)O.CC(NC(=O)COC(=O)N1Cc2ccccc2/C=C\c2ccccc21)C(=O)CF.CCC. The number of carbonyl (C=O) groups is 4. The maximum Gasteiger partial charge on any atom is 0.415 e. The minimum absolute atomic E-state index is 0.273. The van der Waals surface area contributed by atoms with Gasteiger partial charge in [0, 0.05) is 6.92 Å². The molecule has 0 aliphatic carbocycles. The summed E-state index contributed by atoms with van der Waals surface area (Å²) in [4.78, 5) is 46.4. The minimum atomic E-state index is -1.17. The Bertz CT molecular complexity index is 1070. The highest BCUT2D eigenvalue weighted by Gasteiger charge is 2.23. The molecule has 194 valence electrons. The Labute approximate surface area is 210 Å². The van der Waals surface area contributed by atoms with Crippen LogP contribution in [0.3, 0.4) is 0 Å². The Balaban J connectivity index is 0.000000825. The molecule has 0 saturated heterocycles. The van der Waals surface area contributed by atoms with E-state index >= 15 is 0 Å². The Morgan fingerprint density at radius 2 is 1.56 bits per heavy atom. The molecule has 9 heteroatoms. The van der Waals surface area contributed by atoms with E-state index in [1.165, 1.54) is 18.2 Å². The summed E-state index contributed by atoms with van der Waals surface area (Å²) >= 11 is 0. The number of ether oxygens (including phenoxy) is 1. The minimum Gasteiger partial charge on any atom is -0.481 e. The van der Waals surface area contributed by atoms with Crippen LogP contribution in [0.5, 0.6) is 0 Å². The highest BCUT2D eigenvalue weighted by Crippen LogP contribution is 2.29. The van der Waals surface area contributed by atoms with Crippen molar-refractivity contribution in [1.82, 2.24) is 5.32 Å². The van der Waals surface area contributed by atoms with Crippen molar-refractivity contribution in [2.75, 3.05) is 18.2 Å². The molecule has 2 amide bonds. The normalized spacial score (nSPS) is 12.9. The summed E-state index contributed by atoms with van der Waals surface area (Å²) in [5.74, 6) is -2.25. The van der Waals surface area contributed by atoms with Crippen molar-refractivity contribution >= 4 is 41.6 Å². The smallest absolute Gasteiger partial charge is 0.415 e. The number of aliphatic carboxylic acids is 1. The summed E-state index contributed by atoms with van der Waals surface area (Å²) in [7, 11) is 0. The molecule has 36 heavy (non-hydrogen) atoms. The summed E-state index contributed by atoms with van der Waals surface area (Å²) in [6, 6.07) is 14.1. The number of rotatable bonds is 5. The zero-order valence-corrected chi connectivity index (χ0v) is 21.0. The van der Waals surface area contributed by atoms with Gasteiger partial charge in [-0.25, -0.2) is 9.18 Å². The van der Waals surface area contributed by atoms with Gasteiger partial charge in [-0.1, -0.05) is 74.9 Å². The highest BCUT2D eigenvalue weighted by atomic mass is 19.1. The molecular weight excluding hydrogens is 467 g/mol. The van der Waals surface area contributed by atoms with Crippen LogP contribution >= 0.6 is 0 Å². The van der Waals surface area contributed by atoms with Crippen LogP contribution in [0.2, 0.25) is 0 Å². The van der Waals surface area contributed by atoms with Gasteiger partial charge in [-0.3, -0.25) is 19.3 Å². The van der Waals surface area contributed by atoms with E-state index in [0.29, 0.717) is 5.69 Å². The third-order valence-electron chi connectivity index (χ3n) is 4.59. The fraction of sp³-hybridized carbons (Fsp3) is 0.333. The number of carboxylic acids is 1. The number of halogens is 1. The van der Waals surface area contributed by atoms with E-state index in [1.54, 1.807) is 6.07 Å². The molecule has 0 spiro atoms. The number of hydrogen-bond acceptors (Lipinski definition) is 5. The first-order valence-corrected chi connectivity index (χ1v) is 11.5. The topological polar surface area (TPSA) is 113 Å². The molecule has 0 radical (unpaired) electrons. The third-order valence-corrected chi connectivity index (χ3v) is 4.59. The van der Waals surface area contributed by atoms with Crippen LogP contribution in [-0.2, 0) is 25.7 Å². The van der Waals surface area contributed by atoms with E-state index in [-0.39, 0.29) is 6.54 Å². The number of para-hydroxylation sites is 1. The lowest BCUT2D eigenvalue weighted by molar-refractivity contribution is -0.134. The van der Waals surface area contributed by atoms with E-state index < -0.39 is 43.1 Å². The number of carboxylic acid groups (broad SMARTS) is 1. The van der Waals surface area contributed by atoms with Crippen LogP contribution in [0.25, 0.3) is 12.2 Å². The second kappa shape index (κ2) is 15.8. The van der Waals surface area contributed by atoms with Crippen LogP contribution in [0.15, 0.2) is 48.5 Å². The summed E-state index contributed by atoms with van der Waals surface area (Å²) in [6.07, 6.45) is 4.47. The molecular formula is C27H33FN2O6. The summed E-state index contributed by atoms with van der Waals surface area (Å²) < 4.78 is 17.6. The number of fused-ring (bicyclic) bond motifs is 2. The number of Topliss-reactive ketones (excluding diaryl/α,β-unsaturated/α-hetero) is 1. The molecule has 0 saturated carbocycles. The van der Waals surface area contributed by atoms with Crippen LogP contribution in [0.4, 0.5) is 14.9 Å². The number of alkyl halides is 1. The number of nitrogens with zero attached hydrogens (tertiary/aromatic N) is 1. The molecule has 0 aromatic heterocycles. The molecule has 1 atom stereocenters. The summed E-state index contributed by atoms with van der Waals surface area (Å²) in [5.41, 5.74) is 3.41. The first-order valence-electron chi connectivity index (χ1n) is 11.5. The lowest BCUT2D eigenvalue weighted by Gasteiger charge is -2.26. The van der Waals surface area contributed by atoms with Crippen LogP contribution < -0.4 is 10.2 Å². The number of hydrogen-bond donors (Lipinski definition) is 2. The van der Waals surface area contributed by atoms with Crippen molar-refractivity contribution in [2.45, 2.75) is 46.7 Å². The molecule has 1 aliphatic heterocycles. The molecule has 0 bridgehead atoms. The Morgan fingerprint density at radius 1 is 1.03 bits per heavy atom. The van der Waals surface area contributed by atoms with Gasteiger partial charge in [-0.05, 0) is 29.7 Å². The van der Waals surface area contributed by atoms with Crippen molar-refractivity contribution in [3.05, 3.63) is 65.2 Å². The molecule has 8 nitrogen and oxygen atoms in total. The average molecular weight is 501 g/mol. The first-order chi connectivity index (χ1) is 17.1. The fourth-order valence-corrected chi connectivity index (χ4v) is 3.00. The fourth-order valence-electron chi connectivity index (χ4n) is 3.00. The molecule has 1 aliphatic rings. The van der Waals surface area contributed by atoms with Crippen LogP contribution in [-0.4, -0.2) is 48.2 Å². The van der Waals surface area contributed by atoms with Crippen LogP contribution in [0, 0.1) is 0 Å². The van der Waals surface area contributed by atoms with E-state index in [0.717, 1.165) is 23.6 Å². The number of benzene rings is 2. The second-order valence-electron chi connectivity index (χ2n) is 7.85. The predicted molar refractivity (Wildman–Crippen MR) is 137 cm³/mol. The average Bonchev–Trinajstić information content (AvgIpc) is 2.83. The van der Waals surface area contributed by atoms with Gasteiger partial charge < -0.3 is 15.2 Å². The molecule has 2 aromatic carbocycles. The van der Waals surface area contributed by atoms with Gasteiger partial charge in [0.25, 0.3) is 11.9 Å². The quantitative estimate of drug-likeness (QED) is 0.606. The van der Waals surface area contributed by atoms with Crippen LogP contribution in [0.1, 0.15) is 50.8 Å². The zero-order valence-electron chi connectivity index (χ0n) is 21.0. The molecule has 3 rings (SSSR count). The van der Waals surface area contributed by atoms with Crippen molar-refractivity contribution in [3.63, 3.8) is 0 Å². The van der Waals surface area contributed by atoms with Crippen molar-refractivity contribution in [1.29, 1.82) is 0 Å². The number of anilines is 1. The Kier molecular flexibility index (Phi) is 13.2. The number of amides is 2. The zero-order chi connectivity index (χ0) is 27.1. The third kappa shape index (κ3) is 10.1. The molecule has 2 N–H and O–H groups in total. The first kappa shape index (κ1) is 30.0.